The molecule has 1 aliphatic heterocycles. The molecule has 1 aliphatic carbocycles. The number of sulfonamides is 1. The molecule has 2 aromatic rings. The monoisotopic (exact) mass is 428 g/mol. The minimum Gasteiger partial charge on any atom is -0.379 e. The van der Waals surface area contributed by atoms with Crippen molar-refractivity contribution in [2.45, 2.75) is 42.5 Å². The molecular formula is C23H28N2O4S. The number of morpholine rings is 1. The molecule has 1 saturated carbocycles. The molecule has 0 spiro atoms. The zero-order valence-electron chi connectivity index (χ0n) is 17.0. The molecule has 1 amide bonds. The molecule has 0 radical (unpaired) electrons. The van der Waals surface area contributed by atoms with Crippen LogP contribution in [0.4, 0.5) is 0 Å². The first kappa shape index (κ1) is 21.0. The zero-order valence-corrected chi connectivity index (χ0v) is 17.9. The van der Waals surface area contributed by atoms with E-state index in [1.807, 2.05) is 30.3 Å². The predicted octanol–water partition coefficient (Wildman–Crippen LogP) is 2.84. The molecule has 0 bridgehead atoms. The van der Waals surface area contributed by atoms with Gasteiger partial charge in [-0.15, -0.1) is 0 Å². The van der Waals surface area contributed by atoms with Gasteiger partial charge in [-0.25, -0.2) is 8.42 Å². The van der Waals surface area contributed by atoms with Crippen LogP contribution in [0, 0.1) is 0 Å². The summed E-state index contributed by atoms with van der Waals surface area (Å²) in [6.07, 6.45) is 3.83. The minimum absolute atomic E-state index is 0.0521. The molecule has 0 aromatic heterocycles. The van der Waals surface area contributed by atoms with Gasteiger partial charge in [-0.1, -0.05) is 55.3 Å². The average Bonchev–Trinajstić information content (AvgIpc) is 3.30. The Balaban J connectivity index is 1.43. The number of rotatable bonds is 6. The van der Waals surface area contributed by atoms with E-state index in [0.717, 1.165) is 36.8 Å². The third kappa shape index (κ3) is 4.15. The van der Waals surface area contributed by atoms with Gasteiger partial charge in [0.05, 0.1) is 23.5 Å². The van der Waals surface area contributed by atoms with E-state index in [2.05, 4.69) is 5.32 Å². The fraction of sp³-hybridized carbons (Fsp3) is 0.435. The van der Waals surface area contributed by atoms with Gasteiger partial charge in [0.15, 0.2) is 0 Å². The van der Waals surface area contributed by atoms with E-state index in [1.165, 1.54) is 4.31 Å². The molecule has 1 heterocycles. The quantitative estimate of drug-likeness (QED) is 0.768. The fourth-order valence-corrected chi connectivity index (χ4v) is 5.86. The first-order chi connectivity index (χ1) is 14.5. The van der Waals surface area contributed by atoms with E-state index in [0.29, 0.717) is 32.8 Å². The summed E-state index contributed by atoms with van der Waals surface area (Å²) in [5, 5.41) is 3.09. The number of hydrogen-bond acceptors (Lipinski definition) is 4. The van der Waals surface area contributed by atoms with Crippen LogP contribution in [-0.2, 0) is 31.5 Å². The molecule has 6 nitrogen and oxygen atoms in total. The number of carbonyl (C=O) groups excluding carboxylic acids is 1. The lowest BCUT2D eigenvalue weighted by atomic mass is 9.78. The van der Waals surface area contributed by atoms with Gasteiger partial charge in [-0.3, -0.25) is 4.79 Å². The average molecular weight is 429 g/mol. The molecule has 2 aromatic carbocycles. The lowest BCUT2D eigenvalue weighted by Crippen LogP contribution is -2.42. The second-order valence-corrected chi connectivity index (χ2v) is 9.94. The number of nitrogens with zero attached hydrogens (tertiary/aromatic N) is 1. The molecule has 30 heavy (non-hydrogen) atoms. The van der Waals surface area contributed by atoms with Crippen LogP contribution in [0.15, 0.2) is 59.5 Å². The van der Waals surface area contributed by atoms with Gasteiger partial charge in [0, 0.05) is 19.6 Å². The Morgan fingerprint density at radius 1 is 0.967 bits per heavy atom. The fourth-order valence-electron chi connectivity index (χ4n) is 4.45. The van der Waals surface area contributed by atoms with Crippen LogP contribution in [0.5, 0.6) is 0 Å². The highest BCUT2D eigenvalue weighted by Gasteiger charge is 2.42. The van der Waals surface area contributed by atoms with Crippen molar-refractivity contribution in [1.82, 2.24) is 9.62 Å². The van der Waals surface area contributed by atoms with Crippen molar-refractivity contribution in [3.8, 4) is 0 Å². The van der Waals surface area contributed by atoms with E-state index in [1.54, 1.807) is 24.3 Å². The Morgan fingerprint density at radius 2 is 1.60 bits per heavy atom. The van der Waals surface area contributed by atoms with Crippen LogP contribution in [-0.4, -0.2) is 44.9 Å². The highest BCUT2D eigenvalue weighted by Crippen LogP contribution is 2.41. The minimum atomic E-state index is -3.50. The molecule has 7 heteroatoms. The summed E-state index contributed by atoms with van der Waals surface area (Å²) in [4.78, 5) is 13.4. The van der Waals surface area contributed by atoms with E-state index in [9.17, 15) is 13.2 Å². The second-order valence-electron chi connectivity index (χ2n) is 8.00. The largest absolute Gasteiger partial charge is 0.379 e. The Hall–Kier alpha value is -2.22. The molecule has 0 atom stereocenters. The van der Waals surface area contributed by atoms with Crippen LogP contribution in [0.3, 0.4) is 0 Å². The van der Waals surface area contributed by atoms with Crippen molar-refractivity contribution in [2.75, 3.05) is 26.3 Å². The summed E-state index contributed by atoms with van der Waals surface area (Å²) in [5.41, 5.74) is 1.50. The number of nitrogens with one attached hydrogen (secondary N) is 1. The lowest BCUT2D eigenvalue weighted by Gasteiger charge is -2.28. The number of amides is 1. The number of ether oxygens (including phenoxy) is 1. The van der Waals surface area contributed by atoms with E-state index >= 15 is 0 Å². The van der Waals surface area contributed by atoms with Gasteiger partial charge in [-0.05, 0) is 36.1 Å². The number of hydrogen-bond donors (Lipinski definition) is 1. The maximum absolute atomic E-state index is 13.1. The molecule has 2 fully saturated rings. The van der Waals surface area contributed by atoms with Crippen molar-refractivity contribution in [1.29, 1.82) is 0 Å². The van der Waals surface area contributed by atoms with Crippen LogP contribution in [0.2, 0.25) is 0 Å². The van der Waals surface area contributed by atoms with Crippen molar-refractivity contribution in [2.24, 2.45) is 0 Å². The van der Waals surface area contributed by atoms with E-state index < -0.39 is 15.4 Å². The van der Waals surface area contributed by atoms with Gasteiger partial charge >= 0.3 is 0 Å². The Kier molecular flexibility index (Phi) is 6.22. The Bertz CT molecular complexity index is 962. The van der Waals surface area contributed by atoms with Crippen molar-refractivity contribution < 1.29 is 17.9 Å². The van der Waals surface area contributed by atoms with Gasteiger partial charge < -0.3 is 10.1 Å². The zero-order chi connectivity index (χ0) is 21.0. The van der Waals surface area contributed by atoms with Crippen LogP contribution < -0.4 is 5.32 Å². The third-order valence-electron chi connectivity index (χ3n) is 6.20. The summed E-state index contributed by atoms with van der Waals surface area (Å²) in [6.45, 7) is 1.98. The lowest BCUT2D eigenvalue weighted by molar-refractivity contribution is -0.126. The molecule has 2 aliphatic rings. The first-order valence-corrected chi connectivity index (χ1v) is 12.0. The molecule has 160 valence electrons. The standard InChI is InChI=1S/C23H28N2O4S/c26-22(23(12-4-5-13-23)20-6-2-1-3-7-20)24-18-19-8-10-21(11-9-19)30(27,28)25-14-16-29-17-15-25/h1-3,6-11H,4-5,12-18H2,(H,24,26). The molecule has 0 unspecified atom stereocenters. The first-order valence-electron chi connectivity index (χ1n) is 10.5. The number of benzene rings is 2. The van der Waals surface area contributed by atoms with Gasteiger partial charge in [0.2, 0.25) is 15.9 Å². The molecule has 4 rings (SSSR count). The maximum Gasteiger partial charge on any atom is 0.243 e. The smallest absolute Gasteiger partial charge is 0.243 e. The number of carbonyl (C=O) groups is 1. The Morgan fingerprint density at radius 3 is 2.23 bits per heavy atom. The van der Waals surface area contributed by atoms with Gasteiger partial charge in [0.1, 0.15) is 0 Å². The summed E-state index contributed by atoms with van der Waals surface area (Å²) in [6, 6.07) is 16.8. The molecule has 1 N–H and O–H groups in total. The maximum atomic E-state index is 13.1. The van der Waals surface area contributed by atoms with Gasteiger partial charge in [0.25, 0.3) is 0 Å². The van der Waals surface area contributed by atoms with Crippen LogP contribution in [0.25, 0.3) is 0 Å². The molecule has 1 saturated heterocycles. The van der Waals surface area contributed by atoms with Gasteiger partial charge in [-0.2, -0.15) is 4.31 Å². The van der Waals surface area contributed by atoms with E-state index in [-0.39, 0.29) is 10.8 Å². The Labute approximate surface area is 178 Å². The van der Waals surface area contributed by atoms with Crippen LogP contribution in [0.1, 0.15) is 36.8 Å². The van der Waals surface area contributed by atoms with Crippen molar-refractivity contribution in [3.63, 3.8) is 0 Å². The van der Waals surface area contributed by atoms with Crippen molar-refractivity contribution >= 4 is 15.9 Å². The highest BCUT2D eigenvalue weighted by molar-refractivity contribution is 7.89. The summed E-state index contributed by atoms with van der Waals surface area (Å²) in [5.74, 6) is 0.0521. The van der Waals surface area contributed by atoms with Crippen LogP contribution >= 0.6 is 0 Å². The van der Waals surface area contributed by atoms with Crippen molar-refractivity contribution in [3.05, 3.63) is 65.7 Å². The SMILES string of the molecule is O=C(NCc1ccc(S(=O)(=O)N2CCOCC2)cc1)C1(c2ccccc2)CCCC1. The highest BCUT2D eigenvalue weighted by atomic mass is 32.2. The third-order valence-corrected chi connectivity index (χ3v) is 8.12. The normalized spacial score (nSPS) is 19.5. The second kappa shape index (κ2) is 8.88. The van der Waals surface area contributed by atoms with E-state index in [4.69, 9.17) is 4.74 Å². The summed E-state index contributed by atoms with van der Waals surface area (Å²) < 4.78 is 32.2. The topological polar surface area (TPSA) is 75.7 Å². The summed E-state index contributed by atoms with van der Waals surface area (Å²) in [7, 11) is -3.50. The predicted molar refractivity (Wildman–Crippen MR) is 114 cm³/mol. The summed E-state index contributed by atoms with van der Waals surface area (Å²) >= 11 is 0. The molecular weight excluding hydrogens is 400 g/mol.